The molecule has 0 aliphatic heterocycles. The van der Waals surface area contributed by atoms with Crippen molar-refractivity contribution in [1.29, 1.82) is 0 Å². The molecule has 25 heavy (non-hydrogen) atoms. The number of rotatable bonds is 6. The molecule has 0 unspecified atom stereocenters. The Kier molecular flexibility index (Phi) is 4.71. The van der Waals surface area contributed by atoms with E-state index in [9.17, 15) is 4.79 Å². The van der Waals surface area contributed by atoms with Crippen molar-refractivity contribution in [1.82, 2.24) is 0 Å². The fraction of sp³-hybridized carbons (Fsp3) is 0.429. The average molecular weight is 354 g/mol. The zero-order valence-electron chi connectivity index (χ0n) is 14.6. The van der Waals surface area contributed by atoms with Gasteiger partial charge < -0.3 is 4.74 Å². The van der Waals surface area contributed by atoms with Crippen molar-refractivity contribution in [2.45, 2.75) is 32.7 Å². The molecule has 4 rings (SSSR count). The van der Waals surface area contributed by atoms with Gasteiger partial charge in [0, 0.05) is 18.9 Å². The molecule has 0 radical (unpaired) electrons. The van der Waals surface area contributed by atoms with Gasteiger partial charge in [-0.05, 0) is 24.7 Å². The van der Waals surface area contributed by atoms with E-state index >= 15 is 0 Å². The molecule has 0 spiro atoms. The topological polar surface area (TPSA) is 30.2 Å². The third-order valence-electron chi connectivity index (χ3n) is 5.51. The molecule has 3 nitrogen and oxygen atoms in total. The first-order valence-electron chi connectivity index (χ1n) is 9.06. The minimum Gasteiger partial charge on any atom is -0.465 e. The summed E-state index contributed by atoms with van der Waals surface area (Å²) in [6.45, 7) is 3.53. The standard InChI is InChI=1S/C21H24NO2S/c1-15-20(25-14-22(15)13-16-5-3-2-4-6-16)9-10-24-21(23)19-12-17-7-8-18(19)11-17/h2-8,14,17-19H,9-13H2,1H3/q+1/t17-,18+,19-/m1/s1. The predicted molar refractivity (Wildman–Crippen MR) is 98.3 cm³/mol. The minimum absolute atomic E-state index is 0.00298. The first-order valence-corrected chi connectivity index (χ1v) is 9.94. The Morgan fingerprint density at radius 3 is 2.80 bits per heavy atom. The molecular formula is C21H24NO2S+. The summed E-state index contributed by atoms with van der Waals surface area (Å²) in [7, 11) is 0. The number of thiazole rings is 1. The second-order valence-corrected chi connectivity index (χ2v) is 8.09. The molecule has 1 aromatic heterocycles. The van der Waals surface area contributed by atoms with E-state index in [1.807, 2.05) is 6.07 Å². The molecule has 0 N–H and O–H groups in total. The van der Waals surface area contributed by atoms with Crippen LogP contribution in [0.4, 0.5) is 0 Å². The maximum absolute atomic E-state index is 12.3. The molecule has 3 atom stereocenters. The number of carbonyl (C=O) groups excluding carboxylic acids is 1. The summed E-state index contributed by atoms with van der Waals surface area (Å²) in [6.07, 6.45) is 7.39. The van der Waals surface area contributed by atoms with Crippen molar-refractivity contribution in [3.8, 4) is 0 Å². The first-order chi connectivity index (χ1) is 12.2. The van der Waals surface area contributed by atoms with Crippen molar-refractivity contribution >= 4 is 17.3 Å². The van der Waals surface area contributed by atoms with Crippen LogP contribution in [0.5, 0.6) is 0 Å². The SMILES string of the molecule is Cc1c(CCOC(=O)[C@@H]2C[C@@H]3C=C[C@H]2C3)sc[n+]1Cc1ccccc1. The lowest BCUT2D eigenvalue weighted by molar-refractivity contribution is -0.689. The zero-order chi connectivity index (χ0) is 17.2. The van der Waals surface area contributed by atoms with Gasteiger partial charge in [-0.3, -0.25) is 4.79 Å². The monoisotopic (exact) mass is 354 g/mol. The number of aromatic nitrogens is 1. The highest BCUT2D eigenvalue weighted by Crippen LogP contribution is 2.43. The van der Waals surface area contributed by atoms with Gasteiger partial charge in [-0.25, -0.2) is 0 Å². The van der Waals surface area contributed by atoms with Crippen LogP contribution >= 0.6 is 11.3 Å². The number of carbonyl (C=O) groups is 1. The van der Waals surface area contributed by atoms with E-state index < -0.39 is 0 Å². The molecule has 1 saturated carbocycles. The molecule has 1 aromatic carbocycles. The van der Waals surface area contributed by atoms with Gasteiger partial charge in [0.2, 0.25) is 5.51 Å². The van der Waals surface area contributed by atoms with Crippen LogP contribution in [-0.2, 0) is 22.5 Å². The van der Waals surface area contributed by atoms with Crippen LogP contribution in [0.25, 0.3) is 0 Å². The number of esters is 1. The van der Waals surface area contributed by atoms with Crippen LogP contribution in [0.1, 0.15) is 29.0 Å². The Morgan fingerprint density at radius 1 is 1.24 bits per heavy atom. The van der Waals surface area contributed by atoms with E-state index in [-0.39, 0.29) is 11.9 Å². The Bertz CT molecular complexity index is 780. The van der Waals surface area contributed by atoms with Gasteiger partial charge in [0.15, 0.2) is 12.2 Å². The third kappa shape index (κ3) is 3.54. The fourth-order valence-corrected chi connectivity index (χ4v) is 5.01. The third-order valence-corrected chi connectivity index (χ3v) is 6.65. The number of ether oxygens (including phenoxy) is 1. The normalized spacial score (nSPS) is 24.0. The molecule has 2 aromatic rings. The maximum Gasteiger partial charge on any atom is 0.309 e. The summed E-state index contributed by atoms with van der Waals surface area (Å²) in [5.74, 6) is 1.14. The maximum atomic E-state index is 12.3. The van der Waals surface area contributed by atoms with Crippen LogP contribution in [0.3, 0.4) is 0 Å². The molecule has 130 valence electrons. The lowest BCUT2D eigenvalue weighted by atomic mass is 9.94. The summed E-state index contributed by atoms with van der Waals surface area (Å²) in [5, 5.41) is 0. The second-order valence-electron chi connectivity index (χ2n) is 7.15. The summed E-state index contributed by atoms with van der Waals surface area (Å²) in [5.41, 5.74) is 4.74. The number of fused-ring (bicyclic) bond motifs is 2. The molecule has 0 saturated heterocycles. The zero-order valence-corrected chi connectivity index (χ0v) is 15.4. The van der Waals surface area contributed by atoms with Crippen LogP contribution in [0.2, 0.25) is 0 Å². The first kappa shape index (κ1) is 16.5. The molecule has 2 bridgehead atoms. The highest BCUT2D eigenvalue weighted by atomic mass is 32.1. The highest BCUT2D eigenvalue weighted by molar-refractivity contribution is 7.09. The molecule has 0 amide bonds. The predicted octanol–water partition coefficient (Wildman–Crippen LogP) is 3.69. The molecule has 2 aliphatic carbocycles. The lowest BCUT2D eigenvalue weighted by Gasteiger charge is -2.16. The van der Waals surface area contributed by atoms with Gasteiger partial charge in [-0.15, -0.1) is 0 Å². The number of allylic oxidation sites excluding steroid dienone is 2. The van der Waals surface area contributed by atoms with Crippen LogP contribution in [0.15, 0.2) is 48.0 Å². The smallest absolute Gasteiger partial charge is 0.309 e. The summed E-state index contributed by atoms with van der Waals surface area (Å²) < 4.78 is 7.87. The quantitative estimate of drug-likeness (QED) is 0.450. The Balaban J connectivity index is 1.30. The van der Waals surface area contributed by atoms with E-state index in [2.05, 4.69) is 53.4 Å². The van der Waals surface area contributed by atoms with Crippen molar-refractivity contribution in [2.24, 2.45) is 17.8 Å². The van der Waals surface area contributed by atoms with E-state index in [0.717, 1.165) is 25.8 Å². The number of nitrogens with zero attached hydrogens (tertiary/aromatic N) is 1. The summed E-state index contributed by atoms with van der Waals surface area (Å²) in [4.78, 5) is 13.6. The van der Waals surface area contributed by atoms with E-state index in [4.69, 9.17) is 4.74 Å². The average Bonchev–Trinajstić information content (AvgIpc) is 3.34. The summed E-state index contributed by atoms with van der Waals surface area (Å²) in [6, 6.07) is 10.5. The summed E-state index contributed by atoms with van der Waals surface area (Å²) >= 11 is 1.75. The van der Waals surface area contributed by atoms with E-state index in [1.165, 1.54) is 16.1 Å². The van der Waals surface area contributed by atoms with Gasteiger partial charge in [-0.1, -0.05) is 53.8 Å². The Hall–Kier alpha value is -1.94. The largest absolute Gasteiger partial charge is 0.465 e. The number of hydrogen-bond acceptors (Lipinski definition) is 3. The van der Waals surface area contributed by atoms with Crippen LogP contribution in [0, 0.1) is 24.7 Å². The van der Waals surface area contributed by atoms with Gasteiger partial charge in [-0.2, -0.15) is 4.57 Å². The lowest BCUT2D eigenvalue weighted by Crippen LogP contribution is -2.35. The number of hydrogen-bond donors (Lipinski definition) is 0. The van der Waals surface area contributed by atoms with Gasteiger partial charge in [0.25, 0.3) is 0 Å². The van der Waals surface area contributed by atoms with Gasteiger partial charge in [0.1, 0.15) is 0 Å². The molecule has 1 heterocycles. The molecule has 4 heteroatoms. The van der Waals surface area contributed by atoms with Crippen LogP contribution < -0.4 is 4.57 Å². The van der Waals surface area contributed by atoms with Gasteiger partial charge in [0.05, 0.1) is 17.4 Å². The van der Waals surface area contributed by atoms with E-state index in [1.54, 1.807) is 11.3 Å². The van der Waals surface area contributed by atoms with Crippen molar-refractivity contribution in [3.05, 3.63) is 64.1 Å². The molecule has 2 aliphatic rings. The number of benzene rings is 1. The molecular weight excluding hydrogens is 330 g/mol. The minimum atomic E-state index is 0.00298. The van der Waals surface area contributed by atoms with Crippen molar-refractivity contribution < 1.29 is 14.1 Å². The fourth-order valence-electron chi connectivity index (χ4n) is 4.03. The Labute approximate surface area is 153 Å². The Morgan fingerprint density at radius 2 is 2.08 bits per heavy atom. The molecule has 1 fully saturated rings. The highest BCUT2D eigenvalue weighted by Gasteiger charge is 2.40. The van der Waals surface area contributed by atoms with Crippen molar-refractivity contribution in [3.63, 3.8) is 0 Å². The van der Waals surface area contributed by atoms with E-state index in [0.29, 0.717) is 18.4 Å². The second kappa shape index (κ2) is 7.12. The van der Waals surface area contributed by atoms with Crippen LogP contribution in [-0.4, -0.2) is 12.6 Å². The van der Waals surface area contributed by atoms with Crippen molar-refractivity contribution in [2.75, 3.05) is 6.61 Å². The van der Waals surface area contributed by atoms with Gasteiger partial charge >= 0.3 is 5.97 Å².